The zero-order valence-corrected chi connectivity index (χ0v) is 20.5. The lowest BCUT2D eigenvalue weighted by Gasteiger charge is -2.41. The second-order valence-electron chi connectivity index (χ2n) is 10.2. The Labute approximate surface area is 213 Å². The van der Waals surface area contributed by atoms with Crippen molar-refractivity contribution in [1.82, 2.24) is 14.4 Å². The molecule has 2 fully saturated rings. The van der Waals surface area contributed by atoms with Gasteiger partial charge in [-0.15, -0.1) is 0 Å². The molecule has 1 aromatic heterocycles. The number of halogens is 3. The Balaban J connectivity index is 1.49. The van der Waals surface area contributed by atoms with E-state index in [4.69, 9.17) is 0 Å². The number of nitro groups is 1. The predicted octanol–water partition coefficient (Wildman–Crippen LogP) is 4.91. The van der Waals surface area contributed by atoms with Crippen LogP contribution in [0.5, 0.6) is 0 Å². The van der Waals surface area contributed by atoms with E-state index in [2.05, 4.69) is 4.90 Å². The fourth-order valence-electron chi connectivity index (χ4n) is 5.83. The van der Waals surface area contributed by atoms with Gasteiger partial charge in [0, 0.05) is 48.4 Å². The molecule has 0 amide bonds. The number of hydrogen-bond donors (Lipinski definition) is 1. The van der Waals surface area contributed by atoms with Crippen molar-refractivity contribution in [3.05, 3.63) is 76.0 Å². The Morgan fingerprint density at radius 2 is 1.68 bits per heavy atom. The molecule has 0 radical (unpaired) electrons. The number of piperidine rings is 1. The molecule has 3 aromatic rings. The van der Waals surface area contributed by atoms with Crippen molar-refractivity contribution in [1.29, 1.82) is 0 Å². The molecule has 1 atom stereocenters. The van der Waals surface area contributed by atoms with Crippen molar-refractivity contribution in [2.45, 2.75) is 50.0 Å². The molecule has 0 spiro atoms. The molecule has 1 unspecified atom stereocenters. The fraction of sp³-hybridized carbons (Fsp3) is 0.481. The molecule has 198 valence electrons. The molecule has 10 heteroatoms. The molecular formula is C27H31F3N4O3. The van der Waals surface area contributed by atoms with Gasteiger partial charge in [0.05, 0.1) is 10.4 Å². The largest absolute Gasteiger partial charge is 0.422 e. The summed E-state index contributed by atoms with van der Waals surface area (Å²) in [5.74, 6) is 0. The predicted molar refractivity (Wildman–Crippen MR) is 134 cm³/mol. The van der Waals surface area contributed by atoms with Gasteiger partial charge in [0.25, 0.3) is 5.69 Å². The van der Waals surface area contributed by atoms with Crippen LogP contribution in [-0.2, 0) is 12.1 Å². The van der Waals surface area contributed by atoms with Gasteiger partial charge in [-0.1, -0.05) is 30.3 Å². The monoisotopic (exact) mass is 516 g/mol. The highest BCUT2D eigenvalue weighted by Gasteiger charge is 2.57. The van der Waals surface area contributed by atoms with Crippen LogP contribution < -0.4 is 0 Å². The molecule has 5 rings (SSSR count). The average molecular weight is 517 g/mol. The van der Waals surface area contributed by atoms with E-state index in [0.29, 0.717) is 19.1 Å². The summed E-state index contributed by atoms with van der Waals surface area (Å²) in [6, 6.07) is 13.3. The minimum absolute atomic E-state index is 0.160. The van der Waals surface area contributed by atoms with Gasteiger partial charge in [0.2, 0.25) is 5.60 Å². The van der Waals surface area contributed by atoms with Crippen LogP contribution in [0.2, 0.25) is 0 Å². The van der Waals surface area contributed by atoms with Gasteiger partial charge in [-0.05, 0) is 63.5 Å². The fourth-order valence-corrected chi connectivity index (χ4v) is 5.83. The third-order valence-corrected chi connectivity index (χ3v) is 7.85. The molecule has 1 N–H and O–H groups in total. The molecule has 0 bridgehead atoms. The second-order valence-corrected chi connectivity index (χ2v) is 10.2. The first kappa shape index (κ1) is 25.7. The van der Waals surface area contributed by atoms with Gasteiger partial charge in [0.15, 0.2) is 0 Å². The van der Waals surface area contributed by atoms with E-state index in [9.17, 15) is 28.4 Å². The average Bonchev–Trinajstić information content (AvgIpc) is 3.53. The number of aliphatic hydroxyl groups is 1. The van der Waals surface area contributed by atoms with Crippen LogP contribution in [0.1, 0.15) is 36.8 Å². The number of non-ortho nitro benzene ring substituents is 1. The van der Waals surface area contributed by atoms with Crippen LogP contribution >= 0.6 is 0 Å². The Kier molecular flexibility index (Phi) is 6.99. The van der Waals surface area contributed by atoms with E-state index in [0.717, 1.165) is 31.5 Å². The Bertz CT molecular complexity index is 1250. The highest BCUT2D eigenvalue weighted by Crippen LogP contribution is 2.44. The minimum Gasteiger partial charge on any atom is -0.375 e. The SMILES string of the molecule is O=[N+]([O-])c1ccc2c(C(O)(CN3CCC(N4CCCC4)CC3)C(F)(F)F)cn(Cc3ccccc3)c2c1. The number of alkyl halides is 3. The van der Waals surface area contributed by atoms with Crippen LogP contribution in [0, 0.1) is 10.1 Å². The number of likely N-dealkylation sites (tertiary alicyclic amines) is 2. The normalized spacial score (nSPS) is 19.9. The van der Waals surface area contributed by atoms with E-state index >= 15 is 0 Å². The maximum atomic E-state index is 14.6. The van der Waals surface area contributed by atoms with E-state index in [1.165, 1.54) is 37.2 Å². The second kappa shape index (κ2) is 10.1. The number of β-amino-alcohol motifs (C(OH)–C–C–N with tert-alkyl or cyclic N) is 1. The molecular weight excluding hydrogens is 485 g/mol. The smallest absolute Gasteiger partial charge is 0.375 e. The number of hydrogen-bond acceptors (Lipinski definition) is 5. The molecule has 2 aliphatic heterocycles. The van der Waals surface area contributed by atoms with Crippen LogP contribution in [0.4, 0.5) is 18.9 Å². The molecule has 2 aliphatic rings. The van der Waals surface area contributed by atoms with Gasteiger partial charge < -0.3 is 14.6 Å². The summed E-state index contributed by atoms with van der Waals surface area (Å²) >= 11 is 0. The van der Waals surface area contributed by atoms with Crippen LogP contribution in [0.25, 0.3) is 10.9 Å². The Morgan fingerprint density at radius 3 is 2.30 bits per heavy atom. The van der Waals surface area contributed by atoms with Crippen molar-refractivity contribution >= 4 is 16.6 Å². The van der Waals surface area contributed by atoms with Gasteiger partial charge in [0.1, 0.15) is 0 Å². The number of nitrogens with zero attached hydrogens (tertiary/aromatic N) is 4. The first-order valence-electron chi connectivity index (χ1n) is 12.7. The lowest BCUT2D eigenvalue weighted by atomic mass is 9.90. The molecule has 2 aromatic carbocycles. The van der Waals surface area contributed by atoms with Crippen LogP contribution in [0.15, 0.2) is 54.7 Å². The summed E-state index contributed by atoms with van der Waals surface area (Å²) in [7, 11) is 0. The van der Waals surface area contributed by atoms with E-state index in [1.807, 2.05) is 30.3 Å². The number of nitro benzene ring substituents is 1. The summed E-state index contributed by atoms with van der Waals surface area (Å²) in [4.78, 5) is 15.0. The Morgan fingerprint density at radius 1 is 1.00 bits per heavy atom. The van der Waals surface area contributed by atoms with Gasteiger partial charge >= 0.3 is 6.18 Å². The lowest BCUT2D eigenvalue weighted by molar-refractivity contribution is -0.384. The van der Waals surface area contributed by atoms with Gasteiger partial charge in [-0.2, -0.15) is 13.2 Å². The topological polar surface area (TPSA) is 74.8 Å². The Hall–Kier alpha value is -2.95. The molecule has 0 aliphatic carbocycles. The van der Waals surface area contributed by atoms with Gasteiger partial charge in [-0.3, -0.25) is 15.0 Å². The zero-order chi connectivity index (χ0) is 26.2. The number of benzene rings is 2. The number of aromatic nitrogens is 1. The lowest BCUT2D eigenvalue weighted by Crippen LogP contribution is -2.54. The summed E-state index contributed by atoms with van der Waals surface area (Å²) in [6.45, 7) is 2.69. The quantitative estimate of drug-likeness (QED) is 0.357. The van der Waals surface area contributed by atoms with Crippen molar-refractivity contribution in [3.8, 4) is 0 Å². The maximum Gasteiger partial charge on any atom is 0.422 e. The van der Waals surface area contributed by atoms with Crippen LogP contribution in [0.3, 0.4) is 0 Å². The third kappa shape index (κ3) is 5.10. The van der Waals surface area contributed by atoms with Crippen molar-refractivity contribution < 1.29 is 23.2 Å². The summed E-state index contributed by atoms with van der Waals surface area (Å²) in [6.07, 6.45) is 0.253. The van der Waals surface area contributed by atoms with E-state index < -0.39 is 23.2 Å². The van der Waals surface area contributed by atoms with Crippen molar-refractivity contribution in [3.63, 3.8) is 0 Å². The number of fused-ring (bicyclic) bond motifs is 1. The first-order valence-corrected chi connectivity index (χ1v) is 12.7. The van der Waals surface area contributed by atoms with E-state index in [1.54, 1.807) is 9.47 Å². The van der Waals surface area contributed by atoms with Crippen molar-refractivity contribution in [2.24, 2.45) is 0 Å². The van der Waals surface area contributed by atoms with Gasteiger partial charge in [-0.25, -0.2) is 0 Å². The molecule has 37 heavy (non-hydrogen) atoms. The van der Waals surface area contributed by atoms with E-state index in [-0.39, 0.29) is 28.7 Å². The minimum atomic E-state index is -4.94. The standard InChI is InChI=1S/C27H31F3N4O3/c28-27(29,30)26(35,19-31-14-10-21(11-15-31)32-12-4-5-13-32)24-18-33(17-20-6-2-1-3-7-20)25-16-22(34(36)37)8-9-23(24)25/h1-3,6-9,16,18,21,35H,4-5,10-15,17,19H2. The zero-order valence-electron chi connectivity index (χ0n) is 20.5. The van der Waals surface area contributed by atoms with Crippen molar-refractivity contribution in [2.75, 3.05) is 32.7 Å². The molecule has 3 heterocycles. The summed E-state index contributed by atoms with van der Waals surface area (Å²) in [5.41, 5.74) is -2.50. The molecule has 0 saturated carbocycles. The summed E-state index contributed by atoms with van der Waals surface area (Å²) in [5, 5.41) is 23.0. The first-order chi connectivity index (χ1) is 17.7. The highest BCUT2D eigenvalue weighted by atomic mass is 19.4. The highest BCUT2D eigenvalue weighted by molar-refractivity contribution is 5.87. The number of rotatable bonds is 7. The maximum absolute atomic E-state index is 14.6. The van der Waals surface area contributed by atoms with Crippen LogP contribution in [-0.4, -0.2) is 69.3 Å². The third-order valence-electron chi connectivity index (χ3n) is 7.85. The molecule has 7 nitrogen and oxygen atoms in total. The summed E-state index contributed by atoms with van der Waals surface area (Å²) < 4.78 is 45.5. The molecule has 2 saturated heterocycles.